The van der Waals surface area contributed by atoms with E-state index in [1.54, 1.807) is 13.8 Å². The van der Waals surface area contributed by atoms with Gasteiger partial charge in [-0.1, -0.05) is 0 Å². The van der Waals surface area contributed by atoms with E-state index in [0.29, 0.717) is 0 Å². The van der Waals surface area contributed by atoms with Crippen LogP contribution in [0.25, 0.3) is 0 Å². The molecule has 1 unspecified atom stereocenters. The van der Waals surface area contributed by atoms with Crippen molar-refractivity contribution >= 4 is 17.6 Å². The van der Waals surface area contributed by atoms with Crippen molar-refractivity contribution in [3.63, 3.8) is 0 Å². The highest BCUT2D eigenvalue weighted by molar-refractivity contribution is 6.23. The number of hydrogen-bond acceptors (Lipinski definition) is 2. The highest BCUT2D eigenvalue weighted by Crippen LogP contribution is 2.18. The van der Waals surface area contributed by atoms with Crippen LogP contribution in [0.2, 0.25) is 0 Å². The highest BCUT2D eigenvalue weighted by atomic mass is 35.5. The van der Waals surface area contributed by atoms with Crippen LogP contribution in [0.5, 0.6) is 0 Å². The summed E-state index contributed by atoms with van der Waals surface area (Å²) in [5.41, 5.74) is 5.22. The molecule has 4 heteroatoms. The van der Waals surface area contributed by atoms with Gasteiger partial charge in [0, 0.05) is 4.87 Å². The average Bonchev–Trinajstić information content (AvgIpc) is 1.60. The molecule has 0 amide bonds. The van der Waals surface area contributed by atoms with E-state index in [4.69, 9.17) is 22.4 Å². The topological polar surface area (TPSA) is 63.3 Å². The zero-order chi connectivity index (χ0) is 8.36. The summed E-state index contributed by atoms with van der Waals surface area (Å²) in [5.74, 6) is -1.01. The SMILES string of the molecule is CC(C)(Cl)CC(N)C(=O)O. The Morgan fingerprint density at radius 3 is 2.30 bits per heavy atom. The van der Waals surface area contributed by atoms with Gasteiger partial charge in [0.05, 0.1) is 0 Å². The zero-order valence-corrected chi connectivity index (χ0v) is 6.85. The standard InChI is InChI=1S/C6H12ClNO2/c1-6(2,7)3-4(8)5(9)10/h4H,3,8H2,1-2H3,(H,9,10). The first-order chi connectivity index (χ1) is 4.33. The third kappa shape index (κ3) is 4.58. The number of halogens is 1. The molecular formula is C6H12ClNO2. The van der Waals surface area contributed by atoms with Crippen molar-refractivity contribution in [1.82, 2.24) is 0 Å². The summed E-state index contributed by atoms with van der Waals surface area (Å²) < 4.78 is 0. The molecule has 0 spiro atoms. The van der Waals surface area contributed by atoms with Crippen molar-refractivity contribution in [3.05, 3.63) is 0 Å². The molecule has 3 nitrogen and oxygen atoms in total. The Labute approximate surface area is 65.2 Å². The molecular weight excluding hydrogens is 154 g/mol. The molecule has 10 heavy (non-hydrogen) atoms. The second kappa shape index (κ2) is 3.21. The van der Waals surface area contributed by atoms with Crippen molar-refractivity contribution < 1.29 is 9.90 Å². The van der Waals surface area contributed by atoms with Crippen LogP contribution >= 0.6 is 11.6 Å². The molecule has 0 aromatic carbocycles. The van der Waals surface area contributed by atoms with Crippen LogP contribution in [0.15, 0.2) is 0 Å². The maximum absolute atomic E-state index is 10.2. The lowest BCUT2D eigenvalue weighted by molar-refractivity contribution is -0.138. The first-order valence-electron chi connectivity index (χ1n) is 3.00. The van der Waals surface area contributed by atoms with Crippen molar-refractivity contribution in [2.75, 3.05) is 0 Å². The van der Waals surface area contributed by atoms with Gasteiger partial charge in [-0.2, -0.15) is 0 Å². The lowest BCUT2D eigenvalue weighted by Gasteiger charge is -2.17. The van der Waals surface area contributed by atoms with E-state index in [-0.39, 0.29) is 6.42 Å². The van der Waals surface area contributed by atoms with Crippen molar-refractivity contribution in [3.8, 4) is 0 Å². The van der Waals surface area contributed by atoms with Crippen molar-refractivity contribution in [2.24, 2.45) is 5.73 Å². The molecule has 0 fully saturated rings. The van der Waals surface area contributed by atoms with E-state index < -0.39 is 16.9 Å². The fourth-order valence-corrected chi connectivity index (χ4v) is 0.776. The predicted molar refractivity (Wildman–Crippen MR) is 40.2 cm³/mol. The van der Waals surface area contributed by atoms with Crippen LogP contribution in [0.3, 0.4) is 0 Å². The number of carbonyl (C=O) groups is 1. The van der Waals surface area contributed by atoms with Gasteiger partial charge >= 0.3 is 5.97 Å². The molecule has 0 bridgehead atoms. The minimum Gasteiger partial charge on any atom is -0.480 e. The lowest BCUT2D eigenvalue weighted by atomic mass is 10.0. The first-order valence-corrected chi connectivity index (χ1v) is 3.38. The molecule has 0 aliphatic heterocycles. The monoisotopic (exact) mass is 165 g/mol. The van der Waals surface area contributed by atoms with Crippen molar-refractivity contribution in [1.29, 1.82) is 0 Å². The Morgan fingerprint density at radius 2 is 2.20 bits per heavy atom. The average molecular weight is 166 g/mol. The number of rotatable bonds is 3. The second-order valence-electron chi connectivity index (χ2n) is 2.87. The molecule has 3 N–H and O–H groups in total. The summed E-state index contributed by atoms with van der Waals surface area (Å²) in [6, 6.07) is -0.854. The smallest absolute Gasteiger partial charge is 0.320 e. The summed E-state index contributed by atoms with van der Waals surface area (Å²) in [6.45, 7) is 3.47. The molecule has 60 valence electrons. The summed E-state index contributed by atoms with van der Waals surface area (Å²) in [6.07, 6.45) is 0.282. The summed E-state index contributed by atoms with van der Waals surface area (Å²) in [7, 11) is 0. The van der Waals surface area contributed by atoms with E-state index in [9.17, 15) is 4.79 Å². The number of carboxylic acids is 1. The lowest BCUT2D eigenvalue weighted by Crippen LogP contribution is -2.35. The molecule has 0 rings (SSSR count). The summed E-state index contributed by atoms with van der Waals surface area (Å²) in [5, 5.41) is 8.36. The molecule has 0 aliphatic carbocycles. The number of aliphatic carboxylic acids is 1. The Kier molecular flexibility index (Phi) is 3.12. The molecule has 0 aromatic rings. The van der Waals surface area contributed by atoms with Crippen LogP contribution in [0.1, 0.15) is 20.3 Å². The van der Waals surface area contributed by atoms with Gasteiger partial charge in [0.1, 0.15) is 6.04 Å². The van der Waals surface area contributed by atoms with E-state index in [2.05, 4.69) is 0 Å². The van der Waals surface area contributed by atoms with Gasteiger partial charge in [0.2, 0.25) is 0 Å². The van der Waals surface area contributed by atoms with E-state index >= 15 is 0 Å². The fourth-order valence-electron chi connectivity index (χ4n) is 0.610. The quantitative estimate of drug-likeness (QED) is 0.609. The Balaban J connectivity index is 3.80. The summed E-state index contributed by atoms with van der Waals surface area (Å²) >= 11 is 5.73. The number of nitrogens with two attached hydrogens (primary N) is 1. The second-order valence-corrected chi connectivity index (χ2v) is 3.89. The fraction of sp³-hybridized carbons (Fsp3) is 0.833. The van der Waals surface area contributed by atoms with Gasteiger partial charge in [-0.05, 0) is 20.3 Å². The molecule has 0 aliphatic rings. The minimum absolute atomic E-state index is 0.282. The van der Waals surface area contributed by atoms with E-state index in [1.807, 2.05) is 0 Å². The van der Waals surface area contributed by atoms with E-state index in [1.165, 1.54) is 0 Å². The Morgan fingerprint density at radius 1 is 1.80 bits per heavy atom. The number of carboxylic acid groups (broad SMARTS) is 1. The number of hydrogen-bond donors (Lipinski definition) is 2. The van der Waals surface area contributed by atoms with Gasteiger partial charge in [0.25, 0.3) is 0 Å². The third-order valence-corrected chi connectivity index (χ3v) is 1.18. The summed E-state index contributed by atoms with van der Waals surface area (Å²) in [4.78, 5) is 9.66. The van der Waals surface area contributed by atoms with Gasteiger partial charge in [-0.3, -0.25) is 4.79 Å². The van der Waals surface area contributed by atoms with Gasteiger partial charge in [-0.15, -0.1) is 11.6 Å². The van der Waals surface area contributed by atoms with Crippen molar-refractivity contribution in [2.45, 2.75) is 31.2 Å². The molecule has 1 atom stereocenters. The molecule has 0 saturated carbocycles. The van der Waals surface area contributed by atoms with Gasteiger partial charge in [-0.25, -0.2) is 0 Å². The zero-order valence-electron chi connectivity index (χ0n) is 6.10. The van der Waals surface area contributed by atoms with Crippen LogP contribution in [-0.4, -0.2) is 22.0 Å². The maximum atomic E-state index is 10.2. The Hall–Kier alpha value is -0.280. The van der Waals surface area contributed by atoms with E-state index in [0.717, 1.165) is 0 Å². The number of alkyl halides is 1. The molecule has 0 saturated heterocycles. The van der Waals surface area contributed by atoms with Gasteiger partial charge in [0.15, 0.2) is 0 Å². The predicted octanol–water partition coefficient (Wildman–Crippen LogP) is 0.806. The first kappa shape index (κ1) is 9.72. The van der Waals surface area contributed by atoms with Crippen LogP contribution in [-0.2, 0) is 4.79 Å². The maximum Gasteiger partial charge on any atom is 0.320 e. The molecule has 0 aromatic heterocycles. The normalized spacial score (nSPS) is 14.8. The highest BCUT2D eigenvalue weighted by Gasteiger charge is 2.22. The van der Waals surface area contributed by atoms with Crippen LogP contribution in [0, 0.1) is 0 Å². The van der Waals surface area contributed by atoms with Crippen LogP contribution < -0.4 is 5.73 Å². The minimum atomic E-state index is -1.01. The largest absolute Gasteiger partial charge is 0.480 e. The van der Waals surface area contributed by atoms with Crippen LogP contribution in [0.4, 0.5) is 0 Å². The Bertz CT molecular complexity index is 130. The molecule has 0 heterocycles. The molecule has 0 radical (unpaired) electrons. The van der Waals surface area contributed by atoms with Gasteiger partial charge < -0.3 is 10.8 Å². The third-order valence-electron chi connectivity index (χ3n) is 1.02.